The number of benzene rings is 3. The number of rotatable bonds is 6. The van der Waals surface area contributed by atoms with Crippen LogP contribution >= 0.6 is 11.8 Å². The van der Waals surface area contributed by atoms with E-state index in [-0.39, 0.29) is 9.79 Å². The number of hydrogen-bond acceptors (Lipinski definition) is 5. The van der Waals surface area contributed by atoms with Crippen LogP contribution in [-0.2, 0) is 15.6 Å². The number of sulfone groups is 1. The van der Waals surface area contributed by atoms with Gasteiger partial charge in [-0.1, -0.05) is 36.4 Å². The van der Waals surface area contributed by atoms with E-state index < -0.39 is 15.7 Å². The van der Waals surface area contributed by atoms with E-state index in [2.05, 4.69) is 0 Å². The molecule has 0 saturated heterocycles. The summed E-state index contributed by atoms with van der Waals surface area (Å²) in [7, 11) is -3.52. The average molecular weight is 399 g/mol. The number of primary amides is 1. The molecule has 7 heteroatoms. The molecule has 27 heavy (non-hydrogen) atoms. The number of anilines is 1. The van der Waals surface area contributed by atoms with Crippen LogP contribution in [0.25, 0.3) is 0 Å². The molecule has 0 fully saturated rings. The summed E-state index contributed by atoms with van der Waals surface area (Å²) in [6.07, 6.45) is 0. The van der Waals surface area contributed by atoms with Crippen molar-refractivity contribution in [2.45, 2.75) is 20.4 Å². The van der Waals surface area contributed by atoms with Gasteiger partial charge in [0, 0.05) is 10.6 Å². The lowest BCUT2D eigenvalue weighted by atomic mass is 10.2. The molecule has 0 saturated carbocycles. The van der Waals surface area contributed by atoms with E-state index >= 15 is 0 Å². The van der Waals surface area contributed by atoms with Gasteiger partial charge in [0.05, 0.1) is 21.0 Å². The van der Waals surface area contributed by atoms with Crippen LogP contribution in [0.15, 0.2) is 87.5 Å². The molecule has 0 aliphatic carbocycles. The monoisotopic (exact) mass is 398 g/mol. The van der Waals surface area contributed by atoms with Crippen LogP contribution in [0, 0.1) is 0 Å². The van der Waals surface area contributed by atoms with Crippen molar-refractivity contribution in [3.63, 3.8) is 0 Å². The zero-order chi connectivity index (χ0) is 19.4. The van der Waals surface area contributed by atoms with Crippen molar-refractivity contribution in [3.05, 3.63) is 83.9 Å². The molecule has 0 heterocycles. The van der Waals surface area contributed by atoms with Gasteiger partial charge < -0.3 is 11.5 Å². The Balaban J connectivity index is 1.76. The largest absolute Gasteiger partial charge is 0.397 e. The molecule has 3 aromatic carbocycles. The highest BCUT2D eigenvalue weighted by Gasteiger charge is 2.17. The first-order valence-electron chi connectivity index (χ1n) is 8.10. The minimum absolute atomic E-state index is 0.248. The molecule has 5 nitrogen and oxygen atoms in total. The zero-order valence-electron chi connectivity index (χ0n) is 14.3. The Morgan fingerprint density at radius 3 is 2.11 bits per heavy atom. The molecule has 0 bridgehead atoms. The molecule has 0 aliphatic rings. The third kappa shape index (κ3) is 4.15. The number of thioether (sulfide) groups is 1. The first kappa shape index (κ1) is 19.0. The number of carbonyl (C=O) groups is 1. The average Bonchev–Trinajstić information content (AvgIpc) is 2.68. The van der Waals surface area contributed by atoms with E-state index in [9.17, 15) is 13.2 Å². The Kier molecular flexibility index (Phi) is 5.53. The number of amides is 1. The maximum atomic E-state index is 12.6. The van der Waals surface area contributed by atoms with Crippen molar-refractivity contribution >= 4 is 33.2 Å². The molecule has 0 atom stereocenters. The second-order valence-electron chi connectivity index (χ2n) is 5.83. The molecule has 1 amide bonds. The highest BCUT2D eigenvalue weighted by Crippen LogP contribution is 2.31. The summed E-state index contributed by atoms with van der Waals surface area (Å²) in [5, 5.41) is 0. The van der Waals surface area contributed by atoms with Crippen molar-refractivity contribution in [1.82, 2.24) is 0 Å². The van der Waals surface area contributed by atoms with Gasteiger partial charge in [-0.05, 0) is 42.0 Å². The molecule has 138 valence electrons. The van der Waals surface area contributed by atoms with Crippen LogP contribution in [-0.4, -0.2) is 14.3 Å². The third-order valence-electron chi connectivity index (χ3n) is 4.01. The fraction of sp³-hybridized carbons (Fsp3) is 0.0500. The summed E-state index contributed by atoms with van der Waals surface area (Å²) in [6, 6.07) is 20.2. The van der Waals surface area contributed by atoms with Crippen molar-refractivity contribution in [2.75, 3.05) is 5.73 Å². The van der Waals surface area contributed by atoms with Gasteiger partial charge >= 0.3 is 0 Å². The second kappa shape index (κ2) is 7.85. The van der Waals surface area contributed by atoms with Crippen LogP contribution in [0.3, 0.4) is 0 Å². The Hall–Kier alpha value is -2.77. The number of para-hydroxylation sites is 1. The van der Waals surface area contributed by atoms with Gasteiger partial charge in [0.2, 0.25) is 9.84 Å². The summed E-state index contributed by atoms with van der Waals surface area (Å²) in [5.41, 5.74) is 12.9. The smallest absolute Gasteiger partial charge is 0.250 e. The van der Waals surface area contributed by atoms with E-state index in [1.54, 1.807) is 66.7 Å². The zero-order valence-corrected chi connectivity index (χ0v) is 16.0. The lowest BCUT2D eigenvalue weighted by Gasteiger charge is -2.09. The minimum atomic E-state index is -3.52. The molecule has 0 aliphatic heterocycles. The molecule has 0 aromatic heterocycles. The first-order valence-corrected chi connectivity index (χ1v) is 10.6. The van der Waals surface area contributed by atoms with Gasteiger partial charge in [0.15, 0.2) is 0 Å². The Bertz CT molecular complexity index is 1060. The van der Waals surface area contributed by atoms with E-state index in [1.165, 1.54) is 11.8 Å². The number of nitrogens with two attached hydrogens (primary N) is 2. The molecule has 0 unspecified atom stereocenters. The fourth-order valence-electron chi connectivity index (χ4n) is 2.55. The highest BCUT2D eigenvalue weighted by molar-refractivity contribution is 7.98. The summed E-state index contributed by atoms with van der Waals surface area (Å²) >= 11 is 1.46. The van der Waals surface area contributed by atoms with Gasteiger partial charge in [-0.25, -0.2) is 8.42 Å². The first-order chi connectivity index (χ1) is 12.9. The minimum Gasteiger partial charge on any atom is -0.397 e. The van der Waals surface area contributed by atoms with E-state index in [0.717, 1.165) is 10.5 Å². The second-order valence-corrected chi connectivity index (χ2v) is 8.80. The van der Waals surface area contributed by atoms with Crippen molar-refractivity contribution in [1.29, 1.82) is 0 Å². The molecule has 3 rings (SSSR count). The van der Waals surface area contributed by atoms with Crippen LogP contribution in [0.1, 0.15) is 15.9 Å². The van der Waals surface area contributed by atoms with Crippen molar-refractivity contribution < 1.29 is 13.2 Å². The quantitative estimate of drug-likeness (QED) is 0.489. The molecule has 0 spiro atoms. The van der Waals surface area contributed by atoms with Crippen LogP contribution < -0.4 is 11.5 Å². The topological polar surface area (TPSA) is 103 Å². The van der Waals surface area contributed by atoms with Gasteiger partial charge in [0.25, 0.3) is 5.91 Å². The van der Waals surface area contributed by atoms with Crippen LogP contribution in [0.4, 0.5) is 5.69 Å². The Morgan fingerprint density at radius 1 is 0.852 bits per heavy atom. The molecular weight excluding hydrogens is 380 g/mol. The third-order valence-corrected chi connectivity index (χ3v) is 6.94. The van der Waals surface area contributed by atoms with Gasteiger partial charge in [-0.2, -0.15) is 0 Å². The predicted octanol–water partition coefficient (Wildman–Crippen LogP) is 3.49. The molecular formula is C20H18N2O3S2. The molecule has 3 aromatic rings. The SMILES string of the molecule is NC(=O)c1cccc(SCc2ccc(S(=O)(=O)c3ccccc3)cc2)c1N. The number of carbonyl (C=O) groups excluding carboxylic acids is 1. The maximum Gasteiger partial charge on any atom is 0.250 e. The standard InChI is InChI=1S/C20H18N2O3S2/c21-19-17(20(22)23)7-4-8-18(19)26-13-14-9-11-16(12-10-14)27(24,25)15-5-2-1-3-6-15/h1-12H,13,21H2,(H2,22,23). The van der Waals surface area contributed by atoms with Crippen LogP contribution in [0.5, 0.6) is 0 Å². The maximum absolute atomic E-state index is 12.6. The predicted molar refractivity (Wildman–Crippen MR) is 107 cm³/mol. The summed E-state index contributed by atoms with van der Waals surface area (Å²) in [4.78, 5) is 12.6. The van der Waals surface area contributed by atoms with Gasteiger partial charge in [-0.15, -0.1) is 11.8 Å². The highest BCUT2D eigenvalue weighted by atomic mass is 32.2. The molecule has 0 radical (unpaired) electrons. The van der Waals surface area contributed by atoms with E-state index in [1.807, 2.05) is 6.07 Å². The normalized spacial score (nSPS) is 11.3. The fourth-order valence-corrected chi connectivity index (χ4v) is 4.78. The lowest BCUT2D eigenvalue weighted by molar-refractivity contribution is 0.100. The van der Waals surface area contributed by atoms with Gasteiger partial charge in [-0.3, -0.25) is 4.79 Å². The summed E-state index contributed by atoms with van der Waals surface area (Å²) in [6.45, 7) is 0. The summed E-state index contributed by atoms with van der Waals surface area (Å²) in [5.74, 6) is 0.0170. The van der Waals surface area contributed by atoms with Crippen LogP contribution in [0.2, 0.25) is 0 Å². The molecule has 4 N–H and O–H groups in total. The van der Waals surface area contributed by atoms with E-state index in [4.69, 9.17) is 11.5 Å². The number of nitrogen functional groups attached to an aromatic ring is 1. The van der Waals surface area contributed by atoms with E-state index in [0.29, 0.717) is 17.0 Å². The lowest BCUT2D eigenvalue weighted by Crippen LogP contribution is -2.13. The Morgan fingerprint density at radius 2 is 1.48 bits per heavy atom. The summed E-state index contributed by atoms with van der Waals surface area (Å²) < 4.78 is 25.2. The van der Waals surface area contributed by atoms with Gasteiger partial charge in [0.1, 0.15) is 0 Å². The van der Waals surface area contributed by atoms with Crippen molar-refractivity contribution in [3.8, 4) is 0 Å². The Labute approximate surface area is 162 Å². The number of hydrogen-bond donors (Lipinski definition) is 2. The van der Waals surface area contributed by atoms with Crippen molar-refractivity contribution in [2.24, 2.45) is 5.73 Å².